The molecule has 5 rings (SSSR count). The molecule has 0 bridgehead atoms. The first kappa shape index (κ1) is 19.6. The third-order valence-corrected chi connectivity index (χ3v) is 6.53. The third kappa shape index (κ3) is 3.15. The number of para-hydroxylation sites is 2. The fourth-order valence-corrected chi connectivity index (χ4v) is 4.93. The molecule has 2 aromatic heterocycles. The van der Waals surface area contributed by atoms with Gasteiger partial charge in [0.15, 0.2) is 11.5 Å². The predicted molar refractivity (Wildman–Crippen MR) is 121 cm³/mol. The molecule has 0 aliphatic carbocycles. The summed E-state index contributed by atoms with van der Waals surface area (Å²) in [5.41, 5.74) is 0.629. The second kappa shape index (κ2) is 7.40. The third-order valence-electron chi connectivity index (χ3n) is 5.11. The second-order valence-corrected chi connectivity index (χ2v) is 8.86. The monoisotopic (exact) mass is 495 g/mol. The maximum absolute atomic E-state index is 13.5. The van der Waals surface area contributed by atoms with Crippen LogP contribution in [0, 0.1) is 0 Å². The molecule has 8 heteroatoms. The van der Waals surface area contributed by atoms with Gasteiger partial charge in [0.05, 0.1) is 11.3 Å². The van der Waals surface area contributed by atoms with Crippen LogP contribution in [0.3, 0.4) is 0 Å². The maximum Gasteiger partial charge on any atom is 0.294 e. The molecular weight excluding hydrogens is 482 g/mol. The Morgan fingerprint density at radius 1 is 1.06 bits per heavy atom. The number of fused-ring (bicyclic) bond motifs is 1. The standard InChI is InChI=1S/C23H14BrNO5S/c24-13-7-8-16-12(10-13)11-17(30-16)21(27)19-20(18-6-3-9-31-18)25(23(29)22(19)28)14-4-1-2-5-15(14)26/h1-11,20,26,28H. The fraction of sp³-hybridized carbons (Fsp3) is 0.0435. The first-order valence-electron chi connectivity index (χ1n) is 9.27. The molecule has 0 radical (unpaired) electrons. The number of halogens is 1. The van der Waals surface area contributed by atoms with Gasteiger partial charge in [-0.3, -0.25) is 14.5 Å². The number of phenols is 1. The zero-order valence-corrected chi connectivity index (χ0v) is 18.2. The largest absolute Gasteiger partial charge is 0.506 e. The lowest BCUT2D eigenvalue weighted by molar-refractivity contribution is -0.117. The number of benzene rings is 2. The summed E-state index contributed by atoms with van der Waals surface area (Å²) < 4.78 is 6.55. The molecule has 1 aliphatic heterocycles. The SMILES string of the molecule is O=C(C1=C(O)C(=O)N(c2ccccc2O)C1c1cccs1)c1cc2cc(Br)ccc2o1. The number of phenolic OH excluding ortho intramolecular Hbond substituents is 1. The number of carbonyl (C=O) groups excluding carboxylic acids is 2. The highest BCUT2D eigenvalue weighted by molar-refractivity contribution is 9.10. The van der Waals surface area contributed by atoms with E-state index in [4.69, 9.17) is 4.42 Å². The first-order valence-corrected chi connectivity index (χ1v) is 10.9. The molecule has 1 amide bonds. The Balaban J connectivity index is 1.66. The van der Waals surface area contributed by atoms with E-state index >= 15 is 0 Å². The van der Waals surface area contributed by atoms with Crippen molar-refractivity contribution in [2.45, 2.75) is 6.04 Å². The van der Waals surface area contributed by atoms with Crippen LogP contribution in [0.1, 0.15) is 21.5 Å². The lowest BCUT2D eigenvalue weighted by atomic mass is 10.00. The number of nitrogens with zero attached hydrogens (tertiary/aromatic N) is 1. The number of furan rings is 1. The molecule has 1 aliphatic rings. The summed E-state index contributed by atoms with van der Waals surface area (Å²) in [6.07, 6.45) is 0. The summed E-state index contributed by atoms with van der Waals surface area (Å²) in [5.74, 6) is -2.12. The van der Waals surface area contributed by atoms with Crippen LogP contribution >= 0.6 is 27.3 Å². The molecule has 6 nitrogen and oxygen atoms in total. The predicted octanol–water partition coefficient (Wildman–Crippen LogP) is 5.75. The summed E-state index contributed by atoms with van der Waals surface area (Å²) >= 11 is 4.73. The minimum atomic E-state index is -0.895. The van der Waals surface area contributed by atoms with E-state index in [1.54, 1.807) is 48.5 Å². The van der Waals surface area contributed by atoms with Crippen LogP contribution in [-0.2, 0) is 4.79 Å². The van der Waals surface area contributed by atoms with E-state index in [2.05, 4.69) is 15.9 Å². The van der Waals surface area contributed by atoms with Crippen LogP contribution in [0.5, 0.6) is 5.75 Å². The first-order chi connectivity index (χ1) is 15.0. The molecule has 3 heterocycles. The molecule has 0 saturated heterocycles. The molecule has 0 spiro atoms. The molecule has 4 aromatic rings. The zero-order chi connectivity index (χ0) is 21.7. The molecule has 1 atom stereocenters. The van der Waals surface area contributed by atoms with E-state index < -0.39 is 23.5 Å². The number of aliphatic hydroxyl groups excluding tert-OH is 1. The average molecular weight is 496 g/mol. The van der Waals surface area contributed by atoms with Crippen LogP contribution in [0.4, 0.5) is 5.69 Å². The van der Waals surface area contributed by atoms with Crippen LogP contribution in [0.25, 0.3) is 11.0 Å². The van der Waals surface area contributed by atoms with Gasteiger partial charge in [-0.2, -0.15) is 0 Å². The molecule has 0 saturated carbocycles. The van der Waals surface area contributed by atoms with Crippen molar-refractivity contribution in [3.8, 4) is 5.75 Å². The van der Waals surface area contributed by atoms with Crippen molar-refractivity contribution >= 4 is 55.6 Å². The molecule has 154 valence electrons. The summed E-state index contributed by atoms with van der Waals surface area (Å²) in [4.78, 5) is 28.4. The summed E-state index contributed by atoms with van der Waals surface area (Å²) in [6.45, 7) is 0. The molecule has 0 fully saturated rings. The zero-order valence-electron chi connectivity index (χ0n) is 15.8. The fourth-order valence-electron chi connectivity index (χ4n) is 3.73. The Hall–Kier alpha value is -3.36. The van der Waals surface area contributed by atoms with Gasteiger partial charge in [0.2, 0.25) is 5.78 Å². The topological polar surface area (TPSA) is 91.0 Å². The number of hydrogen-bond donors (Lipinski definition) is 2. The van der Waals surface area contributed by atoms with E-state index in [1.807, 2.05) is 11.4 Å². The van der Waals surface area contributed by atoms with Crippen molar-refractivity contribution in [3.05, 3.63) is 92.5 Å². The van der Waals surface area contributed by atoms with Gasteiger partial charge in [0, 0.05) is 14.7 Å². The number of amides is 1. The number of aromatic hydroxyl groups is 1. The quantitative estimate of drug-likeness (QED) is 0.352. The van der Waals surface area contributed by atoms with Gasteiger partial charge in [-0.15, -0.1) is 11.3 Å². The smallest absolute Gasteiger partial charge is 0.294 e. The average Bonchev–Trinajstić information content (AvgIpc) is 3.47. The van der Waals surface area contributed by atoms with Crippen molar-refractivity contribution in [2.24, 2.45) is 0 Å². The number of ketones is 1. The van der Waals surface area contributed by atoms with Gasteiger partial charge in [0.25, 0.3) is 5.91 Å². The maximum atomic E-state index is 13.5. The van der Waals surface area contributed by atoms with Gasteiger partial charge in [-0.1, -0.05) is 34.1 Å². The van der Waals surface area contributed by atoms with Gasteiger partial charge in [-0.05, 0) is 47.8 Å². The van der Waals surface area contributed by atoms with Crippen molar-refractivity contribution in [1.82, 2.24) is 0 Å². The van der Waals surface area contributed by atoms with Crippen molar-refractivity contribution < 1.29 is 24.2 Å². The lowest BCUT2D eigenvalue weighted by Gasteiger charge is -2.26. The lowest BCUT2D eigenvalue weighted by Crippen LogP contribution is -2.30. The van der Waals surface area contributed by atoms with E-state index in [9.17, 15) is 19.8 Å². The molecule has 2 aromatic carbocycles. The second-order valence-electron chi connectivity index (χ2n) is 6.97. The Labute approximate surface area is 188 Å². The number of thiophene rings is 1. The number of rotatable bonds is 4. The Bertz CT molecular complexity index is 1370. The van der Waals surface area contributed by atoms with Crippen molar-refractivity contribution in [2.75, 3.05) is 4.90 Å². The Morgan fingerprint density at radius 2 is 1.87 bits per heavy atom. The van der Waals surface area contributed by atoms with Gasteiger partial charge in [-0.25, -0.2) is 0 Å². The Morgan fingerprint density at radius 3 is 2.61 bits per heavy atom. The number of anilines is 1. The number of aliphatic hydroxyl groups is 1. The molecule has 31 heavy (non-hydrogen) atoms. The molecule has 2 N–H and O–H groups in total. The number of Topliss-reactive ketones (excluding diaryl/α,β-unsaturated/α-hetero) is 1. The van der Waals surface area contributed by atoms with Gasteiger partial charge >= 0.3 is 0 Å². The van der Waals surface area contributed by atoms with Gasteiger partial charge < -0.3 is 14.6 Å². The summed E-state index contributed by atoms with van der Waals surface area (Å²) in [6, 6.07) is 15.9. The van der Waals surface area contributed by atoms with Crippen LogP contribution < -0.4 is 4.90 Å². The molecular formula is C23H14BrNO5S. The highest BCUT2D eigenvalue weighted by Crippen LogP contribution is 2.45. The summed E-state index contributed by atoms with van der Waals surface area (Å²) in [7, 11) is 0. The van der Waals surface area contributed by atoms with Crippen LogP contribution in [-0.4, -0.2) is 21.9 Å². The minimum absolute atomic E-state index is 0.0168. The Kier molecular flexibility index (Phi) is 4.68. The van der Waals surface area contributed by atoms with E-state index in [-0.39, 0.29) is 22.8 Å². The highest BCUT2D eigenvalue weighted by atomic mass is 79.9. The number of carbonyl (C=O) groups is 2. The highest BCUT2D eigenvalue weighted by Gasteiger charge is 2.46. The van der Waals surface area contributed by atoms with E-state index in [1.165, 1.54) is 22.3 Å². The van der Waals surface area contributed by atoms with Crippen LogP contribution in [0.15, 0.2) is 86.3 Å². The molecule has 1 unspecified atom stereocenters. The van der Waals surface area contributed by atoms with E-state index in [0.29, 0.717) is 15.8 Å². The van der Waals surface area contributed by atoms with Crippen molar-refractivity contribution in [3.63, 3.8) is 0 Å². The number of hydrogen-bond acceptors (Lipinski definition) is 6. The summed E-state index contributed by atoms with van der Waals surface area (Å²) in [5, 5.41) is 23.6. The van der Waals surface area contributed by atoms with Crippen molar-refractivity contribution in [1.29, 1.82) is 0 Å². The normalized spacial score (nSPS) is 16.5. The van der Waals surface area contributed by atoms with E-state index in [0.717, 1.165) is 4.47 Å². The van der Waals surface area contributed by atoms with Crippen LogP contribution in [0.2, 0.25) is 0 Å². The minimum Gasteiger partial charge on any atom is -0.506 e. The van der Waals surface area contributed by atoms with Gasteiger partial charge in [0.1, 0.15) is 17.4 Å².